The van der Waals surface area contributed by atoms with Crippen LogP contribution in [0.3, 0.4) is 0 Å². The van der Waals surface area contributed by atoms with E-state index in [9.17, 15) is 5.26 Å². The Morgan fingerprint density at radius 3 is 2.29 bits per heavy atom. The highest BCUT2D eigenvalue weighted by atomic mass is 14.9. The van der Waals surface area contributed by atoms with Gasteiger partial charge in [0.2, 0.25) is 0 Å². The Bertz CT molecular complexity index is 507. The molecule has 0 bridgehead atoms. The number of hydrogen-bond donors (Lipinski definition) is 0. The van der Waals surface area contributed by atoms with E-state index >= 15 is 0 Å². The van der Waals surface area contributed by atoms with Crippen LogP contribution in [-0.4, -0.2) is 9.97 Å². The fourth-order valence-corrected chi connectivity index (χ4v) is 3.85. The van der Waals surface area contributed by atoms with Crippen LogP contribution < -0.4 is 0 Å². The van der Waals surface area contributed by atoms with Gasteiger partial charge in [-0.15, -0.1) is 0 Å². The Labute approximate surface area is 147 Å². The Morgan fingerprint density at radius 1 is 1.04 bits per heavy atom. The van der Waals surface area contributed by atoms with Crippen LogP contribution in [0.2, 0.25) is 0 Å². The molecule has 1 heterocycles. The minimum Gasteiger partial charge on any atom is -0.241 e. The predicted molar refractivity (Wildman–Crippen MR) is 98.7 cm³/mol. The van der Waals surface area contributed by atoms with Crippen LogP contribution in [0.5, 0.6) is 0 Å². The van der Waals surface area contributed by atoms with Crippen molar-refractivity contribution in [1.82, 2.24) is 9.97 Å². The second-order valence-electron chi connectivity index (χ2n) is 7.48. The van der Waals surface area contributed by atoms with E-state index < -0.39 is 0 Å². The second kappa shape index (κ2) is 9.77. The molecule has 0 amide bonds. The number of aromatic nitrogens is 2. The lowest BCUT2D eigenvalue weighted by Crippen LogP contribution is -2.30. The summed E-state index contributed by atoms with van der Waals surface area (Å²) in [6.07, 6.45) is 18.1. The normalized spacial score (nSPS) is 23.8. The molecule has 0 aliphatic heterocycles. The minimum atomic E-state index is -0.344. The second-order valence-corrected chi connectivity index (χ2v) is 7.48. The number of rotatable bonds is 9. The molecular weight excluding hydrogens is 294 g/mol. The molecule has 1 fully saturated rings. The standard InChI is InChI=1S/C21H33N3/c1-3-5-7-8-9-18-11-13-21(17-22,14-12-18)19-15-23-20(24-16-19)10-6-4-2/h15-16,18H,3-14H2,1-2H3. The van der Waals surface area contributed by atoms with Gasteiger partial charge in [-0.05, 0) is 38.0 Å². The van der Waals surface area contributed by atoms with Gasteiger partial charge in [0, 0.05) is 24.4 Å². The maximum absolute atomic E-state index is 9.83. The van der Waals surface area contributed by atoms with Crippen molar-refractivity contribution < 1.29 is 0 Å². The van der Waals surface area contributed by atoms with Gasteiger partial charge < -0.3 is 0 Å². The predicted octanol–water partition coefficient (Wildman–Crippen LogP) is 5.74. The van der Waals surface area contributed by atoms with E-state index in [2.05, 4.69) is 29.9 Å². The third-order valence-corrected chi connectivity index (χ3v) is 5.65. The van der Waals surface area contributed by atoms with Crippen LogP contribution in [0.1, 0.15) is 95.9 Å². The SMILES string of the molecule is CCCCCCC1CCC(C#N)(c2cnc(CCCC)nc2)CC1. The lowest BCUT2D eigenvalue weighted by molar-refractivity contribution is 0.260. The molecule has 2 rings (SSSR count). The van der Waals surface area contributed by atoms with Gasteiger partial charge in [-0.1, -0.05) is 52.4 Å². The van der Waals surface area contributed by atoms with Crippen molar-refractivity contribution in [3.63, 3.8) is 0 Å². The number of hydrogen-bond acceptors (Lipinski definition) is 3. The third kappa shape index (κ3) is 5.03. The molecule has 1 saturated carbocycles. The van der Waals surface area contributed by atoms with Crippen molar-refractivity contribution in [1.29, 1.82) is 5.26 Å². The molecule has 1 aromatic heterocycles. The zero-order chi connectivity index (χ0) is 17.3. The Kier molecular flexibility index (Phi) is 7.69. The number of aryl methyl sites for hydroxylation is 1. The lowest BCUT2D eigenvalue weighted by atomic mass is 9.67. The van der Waals surface area contributed by atoms with E-state index in [1.165, 1.54) is 44.9 Å². The van der Waals surface area contributed by atoms with Crippen molar-refractivity contribution in [3.05, 3.63) is 23.8 Å². The number of nitrogens with zero attached hydrogens (tertiary/aromatic N) is 3. The first-order valence-corrected chi connectivity index (χ1v) is 9.96. The van der Waals surface area contributed by atoms with E-state index in [0.29, 0.717) is 0 Å². The van der Waals surface area contributed by atoms with Crippen molar-refractivity contribution in [3.8, 4) is 6.07 Å². The largest absolute Gasteiger partial charge is 0.241 e. The Hall–Kier alpha value is -1.43. The molecule has 1 aromatic rings. The summed E-state index contributed by atoms with van der Waals surface area (Å²) in [4.78, 5) is 9.02. The van der Waals surface area contributed by atoms with Crippen molar-refractivity contribution >= 4 is 0 Å². The first-order chi connectivity index (χ1) is 11.7. The molecule has 0 N–H and O–H groups in total. The van der Waals surface area contributed by atoms with Crippen molar-refractivity contribution in [2.45, 2.75) is 96.3 Å². The molecule has 0 unspecified atom stereocenters. The summed E-state index contributed by atoms with van der Waals surface area (Å²) in [6, 6.07) is 2.61. The minimum absolute atomic E-state index is 0.344. The molecule has 0 radical (unpaired) electrons. The van der Waals surface area contributed by atoms with Crippen LogP contribution in [0.15, 0.2) is 12.4 Å². The van der Waals surface area contributed by atoms with Gasteiger partial charge in [-0.2, -0.15) is 5.26 Å². The maximum Gasteiger partial charge on any atom is 0.128 e. The maximum atomic E-state index is 9.83. The van der Waals surface area contributed by atoms with Crippen LogP contribution in [-0.2, 0) is 11.8 Å². The lowest BCUT2D eigenvalue weighted by Gasteiger charge is -2.35. The fraction of sp³-hybridized carbons (Fsp3) is 0.762. The first-order valence-electron chi connectivity index (χ1n) is 9.96. The van der Waals surface area contributed by atoms with E-state index in [4.69, 9.17) is 0 Å². The van der Waals surface area contributed by atoms with Crippen LogP contribution >= 0.6 is 0 Å². The fourth-order valence-electron chi connectivity index (χ4n) is 3.85. The molecular formula is C21H33N3. The zero-order valence-corrected chi connectivity index (χ0v) is 15.6. The summed E-state index contributed by atoms with van der Waals surface area (Å²) in [5, 5.41) is 9.83. The quantitative estimate of drug-likeness (QED) is 0.543. The number of unbranched alkanes of at least 4 members (excludes halogenated alkanes) is 4. The monoisotopic (exact) mass is 327 g/mol. The topological polar surface area (TPSA) is 49.6 Å². The summed E-state index contributed by atoms with van der Waals surface area (Å²) < 4.78 is 0. The molecule has 1 aliphatic carbocycles. The summed E-state index contributed by atoms with van der Waals surface area (Å²) in [5.74, 6) is 1.73. The first kappa shape index (κ1) is 18.9. The van der Waals surface area contributed by atoms with E-state index in [1.807, 2.05) is 12.4 Å². The molecule has 3 heteroatoms. The van der Waals surface area contributed by atoms with Crippen LogP contribution in [0.4, 0.5) is 0 Å². The van der Waals surface area contributed by atoms with Crippen LogP contribution in [0, 0.1) is 17.2 Å². The molecule has 24 heavy (non-hydrogen) atoms. The van der Waals surface area contributed by atoms with Gasteiger partial charge in [-0.25, -0.2) is 9.97 Å². The van der Waals surface area contributed by atoms with Gasteiger partial charge in [0.1, 0.15) is 5.82 Å². The van der Waals surface area contributed by atoms with E-state index in [1.54, 1.807) is 0 Å². The molecule has 0 saturated heterocycles. The zero-order valence-electron chi connectivity index (χ0n) is 15.6. The molecule has 0 spiro atoms. The summed E-state index contributed by atoms with van der Waals surface area (Å²) in [5.41, 5.74) is 0.693. The molecule has 1 aliphatic rings. The third-order valence-electron chi connectivity index (χ3n) is 5.65. The van der Waals surface area contributed by atoms with Gasteiger partial charge in [0.25, 0.3) is 0 Å². The molecule has 0 atom stereocenters. The van der Waals surface area contributed by atoms with E-state index in [-0.39, 0.29) is 5.41 Å². The Balaban J connectivity index is 1.90. The average Bonchev–Trinajstić information content (AvgIpc) is 2.64. The summed E-state index contributed by atoms with van der Waals surface area (Å²) in [7, 11) is 0. The van der Waals surface area contributed by atoms with Gasteiger partial charge >= 0.3 is 0 Å². The average molecular weight is 328 g/mol. The Morgan fingerprint density at radius 2 is 1.71 bits per heavy atom. The highest BCUT2D eigenvalue weighted by molar-refractivity contribution is 5.29. The van der Waals surface area contributed by atoms with Gasteiger partial charge in [-0.3, -0.25) is 0 Å². The van der Waals surface area contributed by atoms with Gasteiger partial charge in [0.05, 0.1) is 11.5 Å². The molecule has 0 aromatic carbocycles. The van der Waals surface area contributed by atoms with Gasteiger partial charge in [0.15, 0.2) is 0 Å². The summed E-state index contributed by atoms with van der Waals surface area (Å²) >= 11 is 0. The van der Waals surface area contributed by atoms with Crippen molar-refractivity contribution in [2.24, 2.45) is 5.92 Å². The number of nitriles is 1. The summed E-state index contributed by atoms with van der Waals surface area (Å²) in [6.45, 7) is 4.44. The van der Waals surface area contributed by atoms with E-state index in [0.717, 1.165) is 49.4 Å². The van der Waals surface area contributed by atoms with Crippen LogP contribution in [0.25, 0.3) is 0 Å². The highest BCUT2D eigenvalue weighted by Gasteiger charge is 2.37. The highest BCUT2D eigenvalue weighted by Crippen LogP contribution is 2.42. The smallest absolute Gasteiger partial charge is 0.128 e. The molecule has 3 nitrogen and oxygen atoms in total. The van der Waals surface area contributed by atoms with Crippen molar-refractivity contribution in [2.75, 3.05) is 0 Å². The molecule has 132 valence electrons.